The monoisotopic (exact) mass is 286 g/mol. The first-order valence-electron chi connectivity index (χ1n) is 6.56. The summed E-state index contributed by atoms with van der Waals surface area (Å²) in [5, 5.41) is 2.95. The summed E-state index contributed by atoms with van der Waals surface area (Å²) in [4.78, 5) is 12.8. The van der Waals surface area contributed by atoms with E-state index in [2.05, 4.69) is 5.32 Å². The molecule has 0 spiro atoms. The van der Waals surface area contributed by atoms with E-state index in [1.54, 1.807) is 30.3 Å². The fourth-order valence-corrected chi connectivity index (χ4v) is 1.88. The first kappa shape index (κ1) is 14.8. The van der Waals surface area contributed by atoms with Crippen LogP contribution in [0.3, 0.4) is 0 Å². The van der Waals surface area contributed by atoms with Gasteiger partial charge in [-0.2, -0.15) is 13.2 Å². The van der Waals surface area contributed by atoms with Gasteiger partial charge in [-0.25, -0.2) is 0 Å². The van der Waals surface area contributed by atoms with E-state index in [-0.39, 0.29) is 13.1 Å². The zero-order valence-corrected chi connectivity index (χ0v) is 11.0. The molecular weight excluding hydrogens is 269 g/mol. The van der Waals surface area contributed by atoms with Crippen molar-refractivity contribution in [2.45, 2.75) is 31.6 Å². The van der Waals surface area contributed by atoms with Gasteiger partial charge in [0.15, 0.2) is 0 Å². The van der Waals surface area contributed by atoms with Crippen molar-refractivity contribution in [1.82, 2.24) is 10.2 Å². The Bertz CT molecular complexity index is 443. The number of hydrogen-bond acceptors (Lipinski definition) is 2. The average Bonchev–Trinajstić information content (AvgIpc) is 3.19. The molecule has 1 fully saturated rings. The number of alkyl halides is 3. The van der Waals surface area contributed by atoms with Crippen LogP contribution in [0.15, 0.2) is 30.3 Å². The Hall–Kier alpha value is -1.56. The summed E-state index contributed by atoms with van der Waals surface area (Å²) in [5.41, 5.74) is 0.691. The van der Waals surface area contributed by atoms with Crippen LogP contribution in [0.25, 0.3) is 0 Å². The van der Waals surface area contributed by atoms with Gasteiger partial charge in [0.1, 0.15) is 6.54 Å². The van der Waals surface area contributed by atoms with E-state index in [0.717, 1.165) is 17.7 Å². The molecule has 6 heteroatoms. The van der Waals surface area contributed by atoms with Crippen molar-refractivity contribution in [3.63, 3.8) is 0 Å². The van der Waals surface area contributed by atoms with Crippen LogP contribution in [0, 0.1) is 0 Å². The Kier molecular flexibility index (Phi) is 4.65. The number of amides is 1. The van der Waals surface area contributed by atoms with Crippen molar-refractivity contribution in [3.05, 3.63) is 35.9 Å². The van der Waals surface area contributed by atoms with Gasteiger partial charge in [-0.3, -0.25) is 4.79 Å². The molecular formula is C14H17F3N2O. The summed E-state index contributed by atoms with van der Waals surface area (Å²) >= 11 is 0. The molecule has 0 atom stereocenters. The summed E-state index contributed by atoms with van der Waals surface area (Å²) in [7, 11) is 0. The van der Waals surface area contributed by atoms with Gasteiger partial charge in [-0.1, -0.05) is 30.3 Å². The number of nitrogens with one attached hydrogen (secondary N) is 1. The van der Waals surface area contributed by atoms with Crippen LogP contribution in [0.4, 0.5) is 13.2 Å². The second kappa shape index (κ2) is 6.26. The van der Waals surface area contributed by atoms with Gasteiger partial charge in [0.25, 0.3) is 0 Å². The largest absolute Gasteiger partial charge is 0.406 e. The second-order valence-corrected chi connectivity index (χ2v) is 5.01. The van der Waals surface area contributed by atoms with Gasteiger partial charge < -0.3 is 10.2 Å². The quantitative estimate of drug-likeness (QED) is 0.870. The topological polar surface area (TPSA) is 32.3 Å². The normalized spacial score (nSPS) is 15.2. The molecule has 1 amide bonds. The molecule has 0 aliphatic heterocycles. The van der Waals surface area contributed by atoms with E-state index in [1.165, 1.54) is 0 Å². The Morgan fingerprint density at radius 1 is 1.25 bits per heavy atom. The lowest BCUT2D eigenvalue weighted by molar-refractivity contribution is -0.161. The maximum atomic E-state index is 12.6. The molecule has 0 bridgehead atoms. The Labute approximate surface area is 115 Å². The number of carbonyl (C=O) groups is 1. The number of benzene rings is 1. The third-order valence-corrected chi connectivity index (χ3v) is 3.06. The third-order valence-electron chi connectivity index (χ3n) is 3.06. The zero-order valence-electron chi connectivity index (χ0n) is 11.0. The van der Waals surface area contributed by atoms with Crippen molar-refractivity contribution in [2.24, 2.45) is 0 Å². The van der Waals surface area contributed by atoms with Crippen molar-refractivity contribution in [2.75, 3.05) is 13.1 Å². The van der Waals surface area contributed by atoms with E-state index < -0.39 is 18.6 Å². The van der Waals surface area contributed by atoms with E-state index in [9.17, 15) is 18.0 Å². The number of hydrogen-bond donors (Lipinski definition) is 1. The summed E-state index contributed by atoms with van der Waals surface area (Å²) < 4.78 is 37.7. The molecule has 110 valence electrons. The van der Waals surface area contributed by atoms with Crippen LogP contribution in [0.2, 0.25) is 0 Å². The molecule has 0 saturated heterocycles. The van der Waals surface area contributed by atoms with Crippen molar-refractivity contribution in [3.8, 4) is 0 Å². The molecule has 0 heterocycles. The molecule has 0 unspecified atom stereocenters. The van der Waals surface area contributed by atoms with E-state index in [0.29, 0.717) is 11.6 Å². The highest BCUT2D eigenvalue weighted by Crippen LogP contribution is 2.20. The minimum Gasteiger partial charge on any atom is -0.328 e. The molecule has 1 aromatic carbocycles. The van der Waals surface area contributed by atoms with Crippen molar-refractivity contribution < 1.29 is 18.0 Å². The number of halogens is 3. The Morgan fingerprint density at radius 2 is 1.90 bits per heavy atom. The maximum absolute atomic E-state index is 12.6. The molecule has 1 aliphatic rings. The maximum Gasteiger partial charge on any atom is 0.406 e. The molecule has 0 aromatic heterocycles. The highest BCUT2D eigenvalue weighted by molar-refractivity contribution is 5.78. The SMILES string of the molecule is O=C(CNC1CC1)N(Cc1ccccc1)CC(F)(F)F. The number of carbonyl (C=O) groups excluding carboxylic acids is 1. The van der Waals surface area contributed by atoms with Crippen LogP contribution < -0.4 is 5.32 Å². The van der Waals surface area contributed by atoms with Gasteiger partial charge in [0.05, 0.1) is 6.54 Å². The Morgan fingerprint density at radius 3 is 2.45 bits per heavy atom. The van der Waals surface area contributed by atoms with Crippen LogP contribution in [-0.4, -0.2) is 36.1 Å². The van der Waals surface area contributed by atoms with Crippen LogP contribution >= 0.6 is 0 Å². The fraction of sp³-hybridized carbons (Fsp3) is 0.500. The van der Waals surface area contributed by atoms with Gasteiger partial charge in [0, 0.05) is 12.6 Å². The van der Waals surface area contributed by atoms with Gasteiger partial charge in [-0.05, 0) is 18.4 Å². The molecule has 0 radical (unpaired) electrons. The molecule has 1 aromatic rings. The zero-order chi connectivity index (χ0) is 14.6. The first-order chi connectivity index (χ1) is 9.44. The van der Waals surface area contributed by atoms with Crippen LogP contribution in [0.1, 0.15) is 18.4 Å². The van der Waals surface area contributed by atoms with E-state index in [1.807, 2.05) is 0 Å². The average molecular weight is 286 g/mol. The lowest BCUT2D eigenvalue weighted by Gasteiger charge is -2.24. The molecule has 2 rings (SSSR count). The molecule has 1 N–H and O–H groups in total. The lowest BCUT2D eigenvalue weighted by atomic mass is 10.2. The first-order valence-corrected chi connectivity index (χ1v) is 6.56. The minimum absolute atomic E-state index is 0.0223. The number of rotatable bonds is 6. The predicted octanol–water partition coefficient (Wildman–Crippen LogP) is 2.33. The van der Waals surface area contributed by atoms with Gasteiger partial charge in [-0.15, -0.1) is 0 Å². The molecule has 1 aliphatic carbocycles. The molecule has 3 nitrogen and oxygen atoms in total. The summed E-state index contributed by atoms with van der Waals surface area (Å²) in [5.74, 6) is -0.516. The summed E-state index contributed by atoms with van der Waals surface area (Å²) in [6.45, 7) is -1.27. The minimum atomic E-state index is -4.38. The van der Waals surface area contributed by atoms with Gasteiger partial charge in [0.2, 0.25) is 5.91 Å². The Balaban J connectivity index is 1.97. The highest BCUT2D eigenvalue weighted by atomic mass is 19.4. The third kappa shape index (κ3) is 5.21. The second-order valence-electron chi connectivity index (χ2n) is 5.01. The molecule has 20 heavy (non-hydrogen) atoms. The van der Waals surface area contributed by atoms with E-state index >= 15 is 0 Å². The highest BCUT2D eigenvalue weighted by Gasteiger charge is 2.33. The smallest absolute Gasteiger partial charge is 0.328 e. The summed E-state index contributed by atoms with van der Waals surface area (Å²) in [6, 6.07) is 9.00. The molecule has 1 saturated carbocycles. The number of nitrogens with zero attached hydrogens (tertiary/aromatic N) is 1. The van der Waals surface area contributed by atoms with Crippen molar-refractivity contribution in [1.29, 1.82) is 0 Å². The fourth-order valence-electron chi connectivity index (χ4n) is 1.88. The predicted molar refractivity (Wildman–Crippen MR) is 68.9 cm³/mol. The van der Waals surface area contributed by atoms with E-state index in [4.69, 9.17) is 0 Å². The lowest BCUT2D eigenvalue weighted by Crippen LogP contribution is -2.43. The summed E-state index contributed by atoms with van der Waals surface area (Å²) in [6.07, 6.45) is -2.40. The standard InChI is InChI=1S/C14H17F3N2O/c15-14(16,17)10-19(9-11-4-2-1-3-5-11)13(20)8-18-12-6-7-12/h1-5,12,18H,6-10H2. The van der Waals surface area contributed by atoms with Gasteiger partial charge >= 0.3 is 6.18 Å². The van der Waals surface area contributed by atoms with Crippen LogP contribution in [-0.2, 0) is 11.3 Å². The van der Waals surface area contributed by atoms with Crippen molar-refractivity contribution >= 4 is 5.91 Å². The van der Waals surface area contributed by atoms with Crippen LogP contribution in [0.5, 0.6) is 0 Å².